The molecule has 0 amide bonds. The summed E-state index contributed by atoms with van der Waals surface area (Å²) in [5, 5.41) is 4.10. The van der Waals surface area contributed by atoms with E-state index in [1.54, 1.807) is 26.2 Å². The molecule has 0 aliphatic carbocycles. The number of nitrogens with zero attached hydrogens (tertiary/aromatic N) is 1. The summed E-state index contributed by atoms with van der Waals surface area (Å²) in [6, 6.07) is 16.4. The summed E-state index contributed by atoms with van der Waals surface area (Å²) in [6.45, 7) is 1.69. The third-order valence-corrected chi connectivity index (χ3v) is 2.81. The van der Waals surface area contributed by atoms with Crippen molar-refractivity contribution in [2.24, 2.45) is 5.10 Å². The number of benzene rings is 2. The van der Waals surface area contributed by atoms with E-state index in [4.69, 9.17) is 4.74 Å². The Balaban J connectivity index is 2.05. The van der Waals surface area contributed by atoms with Gasteiger partial charge in [-0.2, -0.15) is 5.10 Å². The van der Waals surface area contributed by atoms with Gasteiger partial charge in [-0.05, 0) is 31.2 Å². The Hall–Kier alpha value is -2.62. The lowest BCUT2D eigenvalue weighted by atomic mass is 10.1. The highest BCUT2D eigenvalue weighted by Gasteiger charge is 2.08. The van der Waals surface area contributed by atoms with Gasteiger partial charge in [-0.15, -0.1) is 0 Å². The minimum Gasteiger partial charge on any atom is -0.497 e. The van der Waals surface area contributed by atoms with Crippen molar-refractivity contribution < 1.29 is 9.53 Å². The predicted molar refractivity (Wildman–Crippen MR) is 80.5 cm³/mol. The molecule has 2 aromatic carbocycles. The van der Waals surface area contributed by atoms with E-state index in [9.17, 15) is 4.79 Å². The Morgan fingerprint density at radius 3 is 2.30 bits per heavy atom. The average molecular weight is 268 g/mol. The Morgan fingerprint density at radius 1 is 1.05 bits per heavy atom. The molecule has 2 aromatic rings. The predicted octanol–water partition coefficient (Wildman–Crippen LogP) is 3.37. The highest BCUT2D eigenvalue weighted by atomic mass is 16.5. The summed E-state index contributed by atoms with van der Waals surface area (Å²) in [7, 11) is 1.61. The number of ether oxygens (including phenoxy) is 1. The second-order valence-corrected chi connectivity index (χ2v) is 4.23. The van der Waals surface area contributed by atoms with E-state index in [1.165, 1.54) is 0 Å². The average Bonchev–Trinajstić information content (AvgIpc) is 2.53. The van der Waals surface area contributed by atoms with Crippen LogP contribution in [0.1, 0.15) is 17.3 Å². The number of nitrogens with one attached hydrogen (secondary N) is 1. The molecule has 2 rings (SSSR count). The maximum Gasteiger partial charge on any atom is 0.208 e. The third-order valence-electron chi connectivity index (χ3n) is 2.81. The van der Waals surface area contributed by atoms with Gasteiger partial charge in [-0.25, -0.2) is 0 Å². The van der Waals surface area contributed by atoms with Gasteiger partial charge in [0.05, 0.1) is 12.8 Å². The molecule has 20 heavy (non-hydrogen) atoms. The quantitative estimate of drug-likeness (QED) is 0.514. The minimum atomic E-state index is -0.0911. The van der Waals surface area contributed by atoms with E-state index in [2.05, 4.69) is 10.5 Å². The van der Waals surface area contributed by atoms with E-state index >= 15 is 0 Å². The van der Waals surface area contributed by atoms with Gasteiger partial charge in [0.15, 0.2) is 0 Å². The molecule has 0 heterocycles. The fourth-order valence-electron chi connectivity index (χ4n) is 1.66. The number of Topliss-reactive ketones (excluding diaryl/α,β-unsaturated/α-hetero) is 1. The van der Waals surface area contributed by atoms with E-state index in [0.717, 1.165) is 11.4 Å². The van der Waals surface area contributed by atoms with Crippen LogP contribution >= 0.6 is 0 Å². The Morgan fingerprint density at radius 2 is 1.70 bits per heavy atom. The van der Waals surface area contributed by atoms with Crippen LogP contribution in [-0.2, 0) is 0 Å². The molecule has 0 spiro atoms. The van der Waals surface area contributed by atoms with E-state index in [0.29, 0.717) is 11.3 Å². The van der Waals surface area contributed by atoms with Gasteiger partial charge in [0, 0.05) is 5.56 Å². The van der Waals surface area contributed by atoms with Gasteiger partial charge in [-0.1, -0.05) is 30.3 Å². The Labute approximate surface area is 118 Å². The molecule has 0 aliphatic heterocycles. The monoisotopic (exact) mass is 268 g/mol. The number of carbonyl (C=O) groups is 1. The van der Waals surface area contributed by atoms with Gasteiger partial charge in [0.2, 0.25) is 5.78 Å². The van der Waals surface area contributed by atoms with Crippen LogP contribution in [-0.4, -0.2) is 18.6 Å². The smallest absolute Gasteiger partial charge is 0.208 e. The first-order valence-corrected chi connectivity index (χ1v) is 6.25. The molecule has 0 saturated heterocycles. The van der Waals surface area contributed by atoms with Crippen LogP contribution in [0.2, 0.25) is 0 Å². The van der Waals surface area contributed by atoms with E-state index in [-0.39, 0.29) is 5.78 Å². The van der Waals surface area contributed by atoms with Crippen molar-refractivity contribution in [1.82, 2.24) is 0 Å². The first kappa shape index (κ1) is 13.8. The van der Waals surface area contributed by atoms with Crippen molar-refractivity contribution >= 4 is 17.2 Å². The van der Waals surface area contributed by atoms with Crippen LogP contribution in [0.25, 0.3) is 0 Å². The summed E-state index contributed by atoms with van der Waals surface area (Å²) in [6.07, 6.45) is 0. The number of anilines is 1. The third kappa shape index (κ3) is 3.45. The van der Waals surface area contributed by atoms with Crippen molar-refractivity contribution in [1.29, 1.82) is 0 Å². The number of hydrazone groups is 1. The zero-order valence-electron chi connectivity index (χ0n) is 11.5. The molecule has 0 radical (unpaired) electrons. The van der Waals surface area contributed by atoms with Gasteiger partial charge in [0.1, 0.15) is 11.5 Å². The summed E-state index contributed by atoms with van der Waals surface area (Å²) in [4.78, 5) is 12.1. The van der Waals surface area contributed by atoms with Crippen LogP contribution in [0.5, 0.6) is 5.75 Å². The first-order valence-electron chi connectivity index (χ1n) is 6.25. The zero-order chi connectivity index (χ0) is 14.4. The zero-order valence-corrected chi connectivity index (χ0v) is 11.5. The highest BCUT2D eigenvalue weighted by Crippen LogP contribution is 2.15. The molecule has 4 heteroatoms. The number of carbonyl (C=O) groups excluding carboxylic acids is 1. The molecule has 0 bridgehead atoms. The van der Waals surface area contributed by atoms with Crippen LogP contribution in [0.15, 0.2) is 59.7 Å². The molecule has 0 atom stereocenters. The normalized spacial score (nSPS) is 11.0. The van der Waals surface area contributed by atoms with Crippen molar-refractivity contribution in [2.75, 3.05) is 12.5 Å². The molecular weight excluding hydrogens is 252 g/mol. The fraction of sp³-hybridized carbons (Fsp3) is 0.125. The highest BCUT2D eigenvalue weighted by molar-refractivity contribution is 6.45. The lowest BCUT2D eigenvalue weighted by Crippen LogP contribution is -2.12. The van der Waals surface area contributed by atoms with Crippen molar-refractivity contribution in [2.45, 2.75) is 6.92 Å². The molecule has 1 N–H and O–H groups in total. The summed E-state index contributed by atoms with van der Waals surface area (Å²) in [5.41, 5.74) is 4.69. The van der Waals surface area contributed by atoms with Gasteiger partial charge >= 0.3 is 0 Å². The molecule has 0 aromatic heterocycles. The van der Waals surface area contributed by atoms with Gasteiger partial charge in [-0.3, -0.25) is 10.2 Å². The summed E-state index contributed by atoms with van der Waals surface area (Å²) < 4.78 is 5.07. The van der Waals surface area contributed by atoms with Crippen LogP contribution in [0.4, 0.5) is 5.69 Å². The molecule has 102 valence electrons. The van der Waals surface area contributed by atoms with Gasteiger partial charge < -0.3 is 4.74 Å². The minimum absolute atomic E-state index is 0.0911. The van der Waals surface area contributed by atoms with Crippen LogP contribution < -0.4 is 10.2 Å². The second-order valence-electron chi connectivity index (χ2n) is 4.23. The van der Waals surface area contributed by atoms with E-state index in [1.807, 2.05) is 42.5 Å². The molecule has 0 aliphatic rings. The molecular formula is C16H16N2O2. The maximum absolute atomic E-state index is 12.1. The van der Waals surface area contributed by atoms with Crippen LogP contribution in [0, 0.1) is 0 Å². The number of ketones is 1. The number of hydrogen-bond acceptors (Lipinski definition) is 4. The van der Waals surface area contributed by atoms with E-state index < -0.39 is 0 Å². The van der Waals surface area contributed by atoms with Gasteiger partial charge in [0.25, 0.3) is 0 Å². The second kappa shape index (κ2) is 6.52. The fourth-order valence-corrected chi connectivity index (χ4v) is 1.66. The number of methoxy groups -OCH3 is 1. The molecule has 4 nitrogen and oxygen atoms in total. The van der Waals surface area contributed by atoms with Crippen molar-refractivity contribution in [3.05, 3.63) is 60.2 Å². The standard InChI is InChI=1S/C16H16N2O2/c1-12(16(19)13-6-4-3-5-7-13)17-18-14-8-10-15(20-2)11-9-14/h3-11,18H,1-2H3/b17-12+. The number of rotatable bonds is 5. The molecule has 0 unspecified atom stereocenters. The molecule has 0 saturated carbocycles. The Bertz CT molecular complexity index is 604. The molecule has 0 fully saturated rings. The number of hydrogen-bond donors (Lipinski definition) is 1. The first-order chi connectivity index (χ1) is 9.70. The van der Waals surface area contributed by atoms with Crippen molar-refractivity contribution in [3.8, 4) is 5.75 Å². The lowest BCUT2D eigenvalue weighted by molar-refractivity contribution is 0.106. The van der Waals surface area contributed by atoms with Crippen LogP contribution in [0.3, 0.4) is 0 Å². The lowest BCUT2D eigenvalue weighted by Gasteiger charge is -2.04. The van der Waals surface area contributed by atoms with Crippen molar-refractivity contribution in [3.63, 3.8) is 0 Å². The SMILES string of the molecule is COc1ccc(N/N=C(\C)C(=O)c2ccccc2)cc1. The topological polar surface area (TPSA) is 50.7 Å². The maximum atomic E-state index is 12.1. The Kier molecular flexibility index (Phi) is 4.50. The largest absolute Gasteiger partial charge is 0.497 e. The summed E-state index contributed by atoms with van der Waals surface area (Å²) in [5.74, 6) is 0.684. The summed E-state index contributed by atoms with van der Waals surface area (Å²) >= 11 is 0.